The number of carbonyl (C=O) groups is 1. The second kappa shape index (κ2) is 6.66. The number of nitrogens with one attached hydrogen (secondary N) is 2. The van der Waals surface area contributed by atoms with Crippen LogP contribution in [0, 0.1) is 20.8 Å². The molecular formula is C18H22N4O3. The molecule has 1 aliphatic heterocycles. The maximum absolute atomic E-state index is 12.9. The molecule has 7 heteroatoms. The summed E-state index contributed by atoms with van der Waals surface area (Å²) in [4.78, 5) is 48.2. The van der Waals surface area contributed by atoms with Crippen molar-refractivity contribution in [2.45, 2.75) is 39.5 Å². The molecule has 0 radical (unpaired) electrons. The van der Waals surface area contributed by atoms with E-state index in [1.807, 2.05) is 0 Å². The molecule has 3 heterocycles. The summed E-state index contributed by atoms with van der Waals surface area (Å²) in [5.41, 5.74) is 1.78. The van der Waals surface area contributed by atoms with Crippen molar-refractivity contribution in [1.29, 1.82) is 0 Å². The van der Waals surface area contributed by atoms with Gasteiger partial charge < -0.3 is 14.9 Å². The van der Waals surface area contributed by atoms with Crippen molar-refractivity contribution in [3.63, 3.8) is 0 Å². The first-order valence-corrected chi connectivity index (χ1v) is 8.43. The van der Waals surface area contributed by atoms with Crippen LogP contribution in [0.5, 0.6) is 0 Å². The summed E-state index contributed by atoms with van der Waals surface area (Å²) in [6.07, 6.45) is 1.68. The lowest BCUT2D eigenvalue weighted by Gasteiger charge is -2.32. The van der Waals surface area contributed by atoms with E-state index >= 15 is 0 Å². The summed E-state index contributed by atoms with van der Waals surface area (Å²) in [5, 5.41) is 0. The Balaban J connectivity index is 1.88. The average Bonchev–Trinajstić information content (AvgIpc) is 2.53. The average molecular weight is 342 g/mol. The molecule has 0 spiro atoms. The van der Waals surface area contributed by atoms with E-state index in [4.69, 9.17) is 0 Å². The highest BCUT2D eigenvalue weighted by molar-refractivity contribution is 5.95. The maximum atomic E-state index is 12.9. The van der Waals surface area contributed by atoms with Gasteiger partial charge in [-0.05, 0) is 45.2 Å². The first-order valence-electron chi connectivity index (χ1n) is 8.43. The predicted molar refractivity (Wildman–Crippen MR) is 94.0 cm³/mol. The topological polar surface area (TPSA) is 98.9 Å². The second-order valence-electron chi connectivity index (χ2n) is 6.69. The van der Waals surface area contributed by atoms with Gasteiger partial charge in [0, 0.05) is 30.8 Å². The quantitative estimate of drug-likeness (QED) is 0.862. The van der Waals surface area contributed by atoms with Crippen molar-refractivity contribution < 1.29 is 4.79 Å². The highest BCUT2D eigenvalue weighted by Crippen LogP contribution is 2.26. The molecule has 132 valence electrons. The molecule has 0 aliphatic carbocycles. The maximum Gasteiger partial charge on any atom is 0.261 e. The normalized spacial score (nSPS) is 17.6. The molecule has 1 saturated heterocycles. The fourth-order valence-corrected chi connectivity index (χ4v) is 3.49. The number of H-pyrrole nitrogens is 2. The third-order valence-electron chi connectivity index (χ3n) is 4.59. The standard InChI is InChI=1S/C18H22N4O3/c1-10-7-11(2)19-17(24)16(10)18(25)22-6-4-5-13(9-22)14-8-15(23)21-12(3)20-14/h7-8,13H,4-6,9H2,1-3H3,(H,19,24)(H,20,21,23). The zero-order valence-corrected chi connectivity index (χ0v) is 14.7. The van der Waals surface area contributed by atoms with Crippen LogP contribution in [0.25, 0.3) is 0 Å². The monoisotopic (exact) mass is 342 g/mol. The third-order valence-corrected chi connectivity index (χ3v) is 4.59. The van der Waals surface area contributed by atoms with Crippen LogP contribution in [0.15, 0.2) is 21.7 Å². The van der Waals surface area contributed by atoms with E-state index in [9.17, 15) is 14.4 Å². The Bertz CT molecular complexity index is 929. The Morgan fingerprint density at radius 2 is 1.96 bits per heavy atom. The Morgan fingerprint density at radius 3 is 2.64 bits per heavy atom. The van der Waals surface area contributed by atoms with E-state index in [-0.39, 0.29) is 28.5 Å². The molecule has 1 amide bonds. The summed E-state index contributed by atoms with van der Waals surface area (Å²) >= 11 is 0. The van der Waals surface area contributed by atoms with E-state index in [0.29, 0.717) is 30.2 Å². The number of pyridine rings is 1. The third kappa shape index (κ3) is 3.55. The van der Waals surface area contributed by atoms with Crippen molar-refractivity contribution in [3.05, 3.63) is 61.2 Å². The van der Waals surface area contributed by atoms with Crippen LogP contribution in [0.4, 0.5) is 0 Å². The molecular weight excluding hydrogens is 320 g/mol. The Labute approximate surface area is 145 Å². The number of hydrogen-bond donors (Lipinski definition) is 2. The second-order valence-corrected chi connectivity index (χ2v) is 6.69. The molecule has 1 atom stereocenters. The molecule has 0 aromatic carbocycles. The number of hydrogen-bond acceptors (Lipinski definition) is 4. The highest BCUT2D eigenvalue weighted by Gasteiger charge is 2.28. The number of carbonyl (C=O) groups excluding carboxylic acids is 1. The van der Waals surface area contributed by atoms with Gasteiger partial charge in [0.1, 0.15) is 11.4 Å². The van der Waals surface area contributed by atoms with Crippen molar-refractivity contribution in [3.8, 4) is 0 Å². The molecule has 2 aromatic heterocycles. The minimum absolute atomic E-state index is 0.00327. The first kappa shape index (κ1) is 17.1. The molecule has 0 saturated carbocycles. The van der Waals surface area contributed by atoms with Gasteiger partial charge in [0.05, 0.1) is 5.69 Å². The van der Waals surface area contributed by atoms with Crippen LogP contribution in [0.3, 0.4) is 0 Å². The van der Waals surface area contributed by atoms with Gasteiger partial charge in [-0.2, -0.15) is 0 Å². The molecule has 7 nitrogen and oxygen atoms in total. The first-order chi connectivity index (χ1) is 11.8. The van der Waals surface area contributed by atoms with Gasteiger partial charge in [-0.25, -0.2) is 4.98 Å². The number of rotatable bonds is 2. The van der Waals surface area contributed by atoms with Crippen LogP contribution in [0.1, 0.15) is 51.9 Å². The summed E-state index contributed by atoms with van der Waals surface area (Å²) in [5.74, 6) is 0.310. The van der Waals surface area contributed by atoms with Crippen molar-refractivity contribution >= 4 is 5.91 Å². The lowest BCUT2D eigenvalue weighted by atomic mass is 9.93. The summed E-state index contributed by atoms with van der Waals surface area (Å²) < 4.78 is 0. The van der Waals surface area contributed by atoms with Gasteiger partial charge in [0.2, 0.25) is 0 Å². The molecule has 1 fully saturated rings. The Hall–Kier alpha value is -2.70. The number of aryl methyl sites for hydroxylation is 3. The van der Waals surface area contributed by atoms with E-state index < -0.39 is 0 Å². The molecule has 3 rings (SSSR count). The SMILES string of the molecule is Cc1cc(C)c(C(=O)N2CCCC(c3cc(=O)[nH]c(C)n3)C2)c(=O)[nH]1. The van der Waals surface area contributed by atoms with Gasteiger partial charge in [0.15, 0.2) is 0 Å². The largest absolute Gasteiger partial charge is 0.338 e. The number of amides is 1. The minimum atomic E-state index is -0.352. The molecule has 1 unspecified atom stereocenters. The molecule has 25 heavy (non-hydrogen) atoms. The fourth-order valence-electron chi connectivity index (χ4n) is 3.49. The fraction of sp³-hybridized carbons (Fsp3) is 0.444. The van der Waals surface area contributed by atoms with Crippen molar-refractivity contribution in [2.75, 3.05) is 13.1 Å². The summed E-state index contributed by atoms with van der Waals surface area (Å²) in [6, 6.07) is 3.30. The number of aromatic amines is 2. The minimum Gasteiger partial charge on any atom is -0.338 e. The number of nitrogens with zero attached hydrogens (tertiary/aromatic N) is 2. The van der Waals surface area contributed by atoms with Crippen LogP contribution in [-0.2, 0) is 0 Å². The van der Waals surface area contributed by atoms with Gasteiger partial charge in [-0.1, -0.05) is 0 Å². The van der Waals surface area contributed by atoms with E-state index in [1.54, 1.807) is 31.7 Å². The van der Waals surface area contributed by atoms with Crippen molar-refractivity contribution in [1.82, 2.24) is 19.9 Å². The van der Waals surface area contributed by atoms with Gasteiger partial charge >= 0.3 is 0 Å². The summed E-state index contributed by atoms with van der Waals surface area (Å²) in [7, 11) is 0. The lowest BCUT2D eigenvalue weighted by molar-refractivity contribution is 0.0703. The Kier molecular flexibility index (Phi) is 4.57. The predicted octanol–water partition coefficient (Wildman–Crippen LogP) is 1.40. The molecule has 0 bridgehead atoms. The smallest absolute Gasteiger partial charge is 0.261 e. The van der Waals surface area contributed by atoms with Crippen molar-refractivity contribution in [2.24, 2.45) is 0 Å². The van der Waals surface area contributed by atoms with Gasteiger partial charge in [-0.3, -0.25) is 14.4 Å². The molecule has 2 N–H and O–H groups in total. The van der Waals surface area contributed by atoms with Crippen LogP contribution in [-0.4, -0.2) is 38.8 Å². The van der Waals surface area contributed by atoms with Crippen LogP contribution < -0.4 is 11.1 Å². The van der Waals surface area contributed by atoms with E-state index in [2.05, 4.69) is 15.0 Å². The molecule has 2 aromatic rings. The van der Waals surface area contributed by atoms with Gasteiger partial charge in [0.25, 0.3) is 17.0 Å². The molecule has 1 aliphatic rings. The zero-order chi connectivity index (χ0) is 18.1. The van der Waals surface area contributed by atoms with E-state index in [1.165, 1.54) is 6.07 Å². The Morgan fingerprint density at radius 1 is 1.20 bits per heavy atom. The lowest BCUT2D eigenvalue weighted by Crippen LogP contribution is -2.42. The van der Waals surface area contributed by atoms with Crippen LogP contribution in [0.2, 0.25) is 0 Å². The van der Waals surface area contributed by atoms with Gasteiger partial charge in [-0.15, -0.1) is 0 Å². The van der Waals surface area contributed by atoms with Crippen LogP contribution >= 0.6 is 0 Å². The number of aromatic nitrogens is 3. The zero-order valence-electron chi connectivity index (χ0n) is 14.7. The van der Waals surface area contributed by atoms with E-state index in [0.717, 1.165) is 18.5 Å². The number of likely N-dealkylation sites (tertiary alicyclic amines) is 1. The highest BCUT2D eigenvalue weighted by atomic mass is 16.2. The summed E-state index contributed by atoms with van der Waals surface area (Å²) in [6.45, 7) is 6.37. The number of piperidine rings is 1.